The van der Waals surface area contributed by atoms with Gasteiger partial charge in [-0.25, -0.2) is 4.68 Å². The number of hydrogen-bond acceptors (Lipinski definition) is 4. The summed E-state index contributed by atoms with van der Waals surface area (Å²) in [4.78, 5) is 0. The number of nitrogens with zero attached hydrogens (tertiary/aromatic N) is 3. The standard InChI is InChI=1S/C14H17N3O2/c1-2-6-17-12(9-15-16-17)14(18)11-3-4-13-10(8-11)5-7-19-13/h3-4,8-9,14,18H,2,5-7H2,1H3. The first-order chi connectivity index (χ1) is 9.29. The van der Waals surface area contributed by atoms with Crippen LogP contribution in [0.3, 0.4) is 0 Å². The van der Waals surface area contributed by atoms with Gasteiger partial charge in [0.1, 0.15) is 11.9 Å². The van der Waals surface area contributed by atoms with Crippen molar-refractivity contribution in [1.82, 2.24) is 15.0 Å². The lowest BCUT2D eigenvalue weighted by atomic mass is 10.0. The van der Waals surface area contributed by atoms with Crippen LogP contribution in [0.2, 0.25) is 0 Å². The minimum Gasteiger partial charge on any atom is -0.493 e. The normalized spacial score (nSPS) is 15.1. The Hall–Kier alpha value is -1.88. The second-order valence-corrected chi connectivity index (χ2v) is 4.75. The maximum absolute atomic E-state index is 10.5. The van der Waals surface area contributed by atoms with Crippen LogP contribution < -0.4 is 4.74 Å². The Kier molecular flexibility index (Phi) is 3.21. The molecule has 3 rings (SSSR count). The van der Waals surface area contributed by atoms with Crippen LogP contribution in [-0.2, 0) is 13.0 Å². The van der Waals surface area contributed by atoms with Crippen molar-refractivity contribution in [2.75, 3.05) is 6.61 Å². The van der Waals surface area contributed by atoms with E-state index in [9.17, 15) is 5.11 Å². The maximum atomic E-state index is 10.5. The van der Waals surface area contributed by atoms with Crippen molar-refractivity contribution in [2.24, 2.45) is 0 Å². The van der Waals surface area contributed by atoms with Gasteiger partial charge < -0.3 is 9.84 Å². The van der Waals surface area contributed by atoms with Crippen LogP contribution in [0.25, 0.3) is 0 Å². The van der Waals surface area contributed by atoms with E-state index >= 15 is 0 Å². The number of aliphatic hydroxyl groups excluding tert-OH is 1. The molecule has 1 N–H and O–H groups in total. The number of fused-ring (bicyclic) bond motifs is 1. The SMILES string of the molecule is CCCn1nncc1C(O)c1ccc2c(c1)CCO2. The molecule has 0 saturated carbocycles. The molecule has 0 aliphatic carbocycles. The summed E-state index contributed by atoms with van der Waals surface area (Å²) in [5, 5.41) is 18.4. The van der Waals surface area contributed by atoms with E-state index in [0.717, 1.165) is 48.6 Å². The Bertz CT molecular complexity index is 580. The molecule has 1 unspecified atom stereocenters. The third kappa shape index (κ3) is 2.21. The summed E-state index contributed by atoms with van der Waals surface area (Å²) >= 11 is 0. The van der Waals surface area contributed by atoms with Gasteiger partial charge in [0.15, 0.2) is 0 Å². The van der Waals surface area contributed by atoms with Crippen molar-refractivity contribution in [2.45, 2.75) is 32.4 Å². The number of aliphatic hydroxyl groups is 1. The summed E-state index contributed by atoms with van der Waals surface area (Å²) in [6, 6.07) is 5.84. The molecule has 0 amide bonds. The number of hydrogen-bond donors (Lipinski definition) is 1. The van der Waals surface area contributed by atoms with Gasteiger partial charge in [0.2, 0.25) is 0 Å². The molecule has 1 aromatic carbocycles. The summed E-state index contributed by atoms with van der Waals surface area (Å²) in [7, 11) is 0. The first-order valence-electron chi connectivity index (χ1n) is 6.61. The van der Waals surface area contributed by atoms with Crippen molar-refractivity contribution in [3.63, 3.8) is 0 Å². The smallest absolute Gasteiger partial charge is 0.122 e. The van der Waals surface area contributed by atoms with E-state index in [1.54, 1.807) is 10.9 Å². The molecule has 1 aliphatic rings. The molecule has 5 nitrogen and oxygen atoms in total. The minimum atomic E-state index is -0.688. The summed E-state index contributed by atoms with van der Waals surface area (Å²) in [5.41, 5.74) is 2.76. The highest BCUT2D eigenvalue weighted by Crippen LogP contribution is 2.30. The highest BCUT2D eigenvalue weighted by atomic mass is 16.5. The van der Waals surface area contributed by atoms with Gasteiger partial charge in [0, 0.05) is 13.0 Å². The molecule has 19 heavy (non-hydrogen) atoms. The van der Waals surface area contributed by atoms with Crippen LogP contribution in [0.1, 0.15) is 36.3 Å². The highest BCUT2D eigenvalue weighted by Gasteiger charge is 2.19. The average molecular weight is 259 g/mol. The molecule has 0 fully saturated rings. The molecular weight excluding hydrogens is 242 g/mol. The zero-order chi connectivity index (χ0) is 13.2. The Morgan fingerprint density at radius 3 is 3.21 bits per heavy atom. The molecule has 0 saturated heterocycles. The van der Waals surface area contributed by atoms with E-state index in [1.807, 2.05) is 18.2 Å². The molecular formula is C14H17N3O2. The third-order valence-corrected chi connectivity index (χ3v) is 3.39. The zero-order valence-electron chi connectivity index (χ0n) is 10.9. The molecule has 0 radical (unpaired) electrons. The molecule has 1 aromatic heterocycles. The minimum absolute atomic E-state index is 0.688. The molecule has 1 atom stereocenters. The molecule has 5 heteroatoms. The molecule has 0 spiro atoms. The van der Waals surface area contributed by atoms with Crippen molar-refractivity contribution in [3.8, 4) is 5.75 Å². The highest BCUT2D eigenvalue weighted by molar-refractivity contribution is 5.41. The van der Waals surface area contributed by atoms with Crippen LogP contribution in [0.4, 0.5) is 0 Å². The van der Waals surface area contributed by atoms with E-state index in [2.05, 4.69) is 17.2 Å². The van der Waals surface area contributed by atoms with Gasteiger partial charge in [-0.05, 0) is 29.7 Å². The Labute approximate surface area is 111 Å². The lowest BCUT2D eigenvalue weighted by molar-refractivity contribution is 0.207. The lowest BCUT2D eigenvalue weighted by Gasteiger charge is -2.13. The van der Waals surface area contributed by atoms with Crippen molar-refractivity contribution in [1.29, 1.82) is 0 Å². The van der Waals surface area contributed by atoms with Crippen molar-refractivity contribution >= 4 is 0 Å². The van der Waals surface area contributed by atoms with Crippen LogP contribution in [0, 0.1) is 0 Å². The first kappa shape index (κ1) is 12.2. The van der Waals surface area contributed by atoms with Gasteiger partial charge in [-0.2, -0.15) is 0 Å². The van der Waals surface area contributed by atoms with Gasteiger partial charge in [-0.3, -0.25) is 0 Å². The van der Waals surface area contributed by atoms with E-state index in [-0.39, 0.29) is 0 Å². The summed E-state index contributed by atoms with van der Waals surface area (Å²) in [5.74, 6) is 0.927. The number of benzene rings is 1. The van der Waals surface area contributed by atoms with Gasteiger partial charge in [0.25, 0.3) is 0 Å². The summed E-state index contributed by atoms with van der Waals surface area (Å²) in [6.07, 6.45) is 2.81. The molecule has 2 aromatic rings. The van der Waals surface area contributed by atoms with Crippen molar-refractivity contribution in [3.05, 3.63) is 41.2 Å². The molecule has 100 valence electrons. The predicted octanol–water partition coefficient (Wildman–Crippen LogP) is 1.70. The molecule has 2 heterocycles. The van der Waals surface area contributed by atoms with E-state index in [1.165, 1.54) is 0 Å². The monoisotopic (exact) mass is 259 g/mol. The zero-order valence-corrected chi connectivity index (χ0v) is 10.9. The third-order valence-electron chi connectivity index (χ3n) is 3.39. The quantitative estimate of drug-likeness (QED) is 0.908. The number of aromatic nitrogens is 3. The summed E-state index contributed by atoms with van der Waals surface area (Å²) in [6.45, 7) is 3.56. The van der Waals surface area contributed by atoms with Gasteiger partial charge in [0.05, 0.1) is 18.5 Å². The van der Waals surface area contributed by atoms with Crippen LogP contribution >= 0.6 is 0 Å². The fourth-order valence-electron chi connectivity index (χ4n) is 2.41. The Morgan fingerprint density at radius 1 is 1.47 bits per heavy atom. The second-order valence-electron chi connectivity index (χ2n) is 4.75. The average Bonchev–Trinajstić information content (AvgIpc) is 3.05. The van der Waals surface area contributed by atoms with Crippen LogP contribution in [0.15, 0.2) is 24.4 Å². The van der Waals surface area contributed by atoms with Gasteiger partial charge >= 0.3 is 0 Å². The number of ether oxygens (including phenoxy) is 1. The fourth-order valence-corrected chi connectivity index (χ4v) is 2.41. The van der Waals surface area contributed by atoms with E-state index < -0.39 is 6.10 Å². The van der Waals surface area contributed by atoms with Crippen molar-refractivity contribution < 1.29 is 9.84 Å². The topological polar surface area (TPSA) is 60.2 Å². The number of aryl methyl sites for hydroxylation is 1. The maximum Gasteiger partial charge on any atom is 0.122 e. The van der Waals surface area contributed by atoms with Gasteiger partial charge in [-0.1, -0.05) is 18.2 Å². The second kappa shape index (κ2) is 5.01. The van der Waals surface area contributed by atoms with E-state index in [0.29, 0.717) is 0 Å². The molecule has 1 aliphatic heterocycles. The fraction of sp³-hybridized carbons (Fsp3) is 0.429. The predicted molar refractivity (Wildman–Crippen MR) is 70.0 cm³/mol. The number of rotatable bonds is 4. The van der Waals surface area contributed by atoms with Gasteiger partial charge in [-0.15, -0.1) is 5.10 Å². The van der Waals surface area contributed by atoms with E-state index in [4.69, 9.17) is 4.74 Å². The first-order valence-corrected chi connectivity index (χ1v) is 6.61. The Balaban J connectivity index is 1.90. The summed E-state index contributed by atoms with van der Waals surface area (Å²) < 4.78 is 7.23. The van der Waals surface area contributed by atoms with Crippen LogP contribution in [0.5, 0.6) is 5.75 Å². The largest absolute Gasteiger partial charge is 0.493 e. The van der Waals surface area contributed by atoms with Crippen LogP contribution in [-0.4, -0.2) is 26.7 Å². The Morgan fingerprint density at radius 2 is 2.37 bits per heavy atom. The molecule has 0 bridgehead atoms. The lowest BCUT2D eigenvalue weighted by Crippen LogP contribution is -2.10.